The van der Waals surface area contributed by atoms with Crippen molar-refractivity contribution >= 4 is 0 Å². The summed E-state index contributed by atoms with van der Waals surface area (Å²) in [4.78, 5) is 0. The highest BCUT2D eigenvalue weighted by atomic mass is 16.5. The minimum Gasteiger partial charge on any atom is -0.369 e. The Hall–Kier alpha value is -0.0800. The fraction of sp³-hybridized carbons (Fsp3) is 1.00. The van der Waals surface area contributed by atoms with Crippen LogP contribution in [0.15, 0.2) is 0 Å². The highest BCUT2D eigenvalue weighted by Gasteiger charge is 2.53. The van der Waals surface area contributed by atoms with E-state index in [0.717, 1.165) is 30.8 Å². The Bertz CT molecular complexity index is 312. The van der Waals surface area contributed by atoms with Crippen LogP contribution in [-0.2, 0) is 4.74 Å². The third-order valence-electron chi connectivity index (χ3n) is 6.19. The molecule has 4 aliphatic rings. The SMILES string of the molecule is C1CCC(CC2CNCC3(CC4CCC3C4)O2)C1. The number of fused-ring (bicyclic) bond motifs is 3. The van der Waals surface area contributed by atoms with Crippen LogP contribution in [-0.4, -0.2) is 24.8 Å². The van der Waals surface area contributed by atoms with E-state index in [0.29, 0.717) is 6.10 Å². The number of hydrogen-bond donors (Lipinski definition) is 1. The van der Waals surface area contributed by atoms with Gasteiger partial charge in [0.25, 0.3) is 0 Å². The number of hydrogen-bond acceptors (Lipinski definition) is 2. The molecule has 2 heteroatoms. The molecular formula is C16H27NO. The monoisotopic (exact) mass is 249 g/mol. The number of rotatable bonds is 2. The van der Waals surface area contributed by atoms with Gasteiger partial charge in [0.1, 0.15) is 0 Å². The largest absolute Gasteiger partial charge is 0.369 e. The van der Waals surface area contributed by atoms with Crippen molar-refractivity contribution in [1.29, 1.82) is 0 Å². The molecule has 3 aliphatic carbocycles. The third-order valence-corrected chi connectivity index (χ3v) is 6.19. The van der Waals surface area contributed by atoms with Crippen LogP contribution < -0.4 is 5.32 Å². The van der Waals surface area contributed by atoms with E-state index in [2.05, 4.69) is 5.32 Å². The van der Waals surface area contributed by atoms with Gasteiger partial charge in [-0.25, -0.2) is 0 Å². The van der Waals surface area contributed by atoms with E-state index in [4.69, 9.17) is 4.74 Å². The molecule has 0 amide bonds. The number of ether oxygens (including phenoxy) is 1. The van der Waals surface area contributed by atoms with Gasteiger partial charge in [-0.3, -0.25) is 0 Å². The molecule has 2 bridgehead atoms. The second-order valence-corrected chi connectivity index (χ2v) is 7.40. The van der Waals surface area contributed by atoms with E-state index in [1.807, 2.05) is 0 Å². The maximum absolute atomic E-state index is 6.67. The minimum absolute atomic E-state index is 0.254. The Balaban J connectivity index is 1.41. The molecular weight excluding hydrogens is 222 g/mol. The van der Waals surface area contributed by atoms with Crippen molar-refractivity contribution in [2.75, 3.05) is 13.1 Å². The third kappa shape index (κ3) is 1.92. The zero-order valence-corrected chi connectivity index (χ0v) is 11.5. The molecule has 0 radical (unpaired) electrons. The van der Waals surface area contributed by atoms with Crippen LogP contribution in [0.4, 0.5) is 0 Å². The molecule has 1 spiro atoms. The summed E-state index contributed by atoms with van der Waals surface area (Å²) in [6, 6.07) is 0. The van der Waals surface area contributed by atoms with Gasteiger partial charge in [-0.15, -0.1) is 0 Å². The molecule has 1 aliphatic heterocycles. The van der Waals surface area contributed by atoms with Crippen LogP contribution in [0.25, 0.3) is 0 Å². The second-order valence-electron chi connectivity index (χ2n) is 7.40. The summed E-state index contributed by atoms with van der Waals surface area (Å²) in [5.41, 5.74) is 0.254. The fourth-order valence-corrected chi connectivity index (χ4v) is 5.36. The molecule has 1 heterocycles. The molecule has 18 heavy (non-hydrogen) atoms. The predicted octanol–water partition coefficient (Wildman–Crippen LogP) is 3.11. The lowest BCUT2D eigenvalue weighted by Gasteiger charge is -2.45. The summed E-state index contributed by atoms with van der Waals surface area (Å²) < 4.78 is 6.67. The molecule has 0 aromatic heterocycles. The first kappa shape index (κ1) is 11.7. The molecule has 4 unspecified atom stereocenters. The average Bonchev–Trinajstić information content (AvgIpc) is 3.05. The summed E-state index contributed by atoms with van der Waals surface area (Å²) in [7, 11) is 0. The minimum atomic E-state index is 0.254. The Morgan fingerprint density at radius 2 is 2.00 bits per heavy atom. The van der Waals surface area contributed by atoms with Crippen molar-refractivity contribution in [3.05, 3.63) is 0 Å². The Labute approximate surface area is 111 Å². The normalized spacial score (nSPS) is 48.3. The first-order valence-electron chi connectivity index (χ1n) is 8.23. The second kappa shape index (κ2) is 4.49. The smallest absolute Gasteiger partial charge is 0.0841 e. The zero-order chi connectivity index (χ0) is 12.0. The Morgan fingerprint density at radius 1 is 1.11 bits per heavy atom. The topological polar surface area (TPSA) is 21.3 Å². The summed E-state index contributed by atoms with van der Waals surface area (Å²) in [6.45, 7) is 2.24. The standard InChI is InChI=1S/C16H27NO/c1-2-4-12(3-1)8-15-10-17-11-16(18-15)9-13-5-6-14(16)7-13/h12-15,17H,1-11H2. The van der Waals surface area contributed by atoms with Gasteiger partial charge < -0.3 is 10.1 Å². The predicted molar refractivity (Wildman–Crippen MR) is 72.5 cm³/mol. The van der Waals surface area contributed by atoms with Gasteiger partial charge in [0, 0.05) is 13.1 Å². The highest BCUT2D eigenvalue weighted by molar-refractivity contribution is 5.05. The maximum atomic E-state index is 6.67. The van der Waals surface area contributed by atoms with Crippen molar-refractivity contribution in [3.8, 4) is 0 Å². The molecule has 0 aromatic rings. The lowest BCUT2D eigenvalue weighted by Crippen LogP contribution is -2.56. The average molecular weight is 249 g/mol. The Morgan fingerprint density at radius 3 is 2.72 bits per heavy atom. The van der Waals surface area contributed by atoms with Gasteiger partial charge >= 0.3 is 0 Å². The molecule has 3 saturated carbocycles. The van der Waals surface area contributed by atoms with E-state index in [1.165, 1.54) is 57.8 Å². The molecule has 0 aromatic carbocycles. The first-order valence-corrected chi connectivity index (χ1v) is 8.23. The molecule has 1 saturated heterocycles. The number of nitrogens with one attached hydrogen (secondary N) is 1. The molecule has 102 valence electrons. The van der Waals surface area contributed by atoms with Crippen molar-refractivity contribution in [3.63, 3.8) is 0 Å². The van der Waals surface area contributed by atoms with Crippen molar-refractivity contribution in [2.45, 2.75) is 69.5 Å². The van der Waals surface area contributed by atoms with E-state index in [9.17, 15) is 0 Å². The molecule has 4 fully saturated rings. The molecule has 1 N–H and O–H groups in total. The first-order chi connectivity index (χ1) is 8.84. The van der Waals surface area contributed by atoms with Crippen LogP contribution >= 0.6 is 0 Å². The van der Waals surface area contributed by atoms with Crippen LogP contribution in [0.5, 0.6) is 0 Å². The lowest BCUT2D eigenvalue weighted by atomic mass is 9.82. The van der Waals surface area contributed by atoms with Gasteiger partial charge in [-0.05, 0) is 49.9 Å². The maximum Gasteiger partial charge on any atom is 0.0841 e. The molecule has 4 rings (SSSR count). The lowest BCUT2D eigenvalue weighted by molar-refractivity contribution is -0.149. The van der Waals surface area contributed by atoms with Gasteiger partial charge in [0.05, 0.1) is 11.7 Å². The van der Waals surface area contributed by atoms with Crippen molar-refractivity contribution < 1.29 is 4.74 Å². The van der Waals surface area contributed by atoms with Gasteiger partial charge in [0.2, 0.25) is 0 Å². The van der Waals surface area contributed by atoms with E-state index in [-0.39, 0.29) is 5.60 Å². The van der Waals surface area contributed by atoms with Gasteiger partial charge in [0.15, 0.2) is 0 Å². The van der Waals surface area contributed by atoms with Gasteiger partial charge in [-0.1, -0.05) is 25.7 Å². The quantitative estimate of drug-likeness (QED) is 0.812. The van der Waals surface area contributed by atoms with Crippen LogP contribution in [0.3, 0.4) is 0 Å². The van der Waals surface area contributed by atoms with Crippen LogP contribution in [0, 0.1) is 17.8 Å². The van der Waals surface area contributed by atoms with Gasteiger partial charge in [-0.2, -0.15) is 0 Å². The van der Waals surface area contributed by atoms with E-state index in [1.54, 1.807) is 0 Å². The molecule has 2 nitrogen and oxygen atoms in total. The van der Waals surface area contributed by atoms with Crippen molar-refractivity contribution in [1.82, 2.24) is 5.32 Å². The fourth-order valence-electron chi connectivity index (χ4n) is 5.36. The highest BCUT2D eigenvalue weighted by Crippen LogP contribution is 2.53. The van der Waals surface area contributed by atoms with Crippen LogP contribution in [0.2, 0.25) is 0 Å². The van der Waals surface area contributed by atoms with Crippen molar-refractivity contribution in [2.24, 2.45) is 17.8 Å². The Kier molecular flexibility index (Phi) is 2.92. The summed E-state index contributed by atoms with van der Waals surface area (Å²) in [6.07, 6.45) is 13.4. The number of morpholine rings is 1. The van der Waals surface area contributed by atoms with E-state index >= 15 is 0 Å². The van der Waals surface area contributed by atoms with E-state index < -0.39 is 0 Å². The summed E-state index contributed by atoms with van der Waals surface area (Å²) in [5.74, 6) is 2.83. The molecule has 4 atom stereocenters. The van der Waals surface area contributed by atoms with Crippen LogP contribution in [0.1, 0.15) is 57.8 Å². The summed E-state index contributed by atoms with van der Waals surface area (Å²) >= 11 is 0. The zero-order valence-electron chi connectivity index (χ0n) is 11.5. The summed E-state index contributed by atoms with van der Waals surface area (Å²) in [5, 5.41) is 3.70.